The van der Waals surface area contributed by atoms with Crippen molar-refractivity contribution in [3.05, 3.63) is 71.8 Å². The minimum atomic E-state index is -1.09. The first kappa shape index (κ1) is 18.2. The highest BCUT2D eigenvalue weighted by atomic mass is 17.0. The number of hydrogen-bond donors (Lipinski definition) is 0. The van der Waals surface area contributed by atoms with Crippen LogP contribution in [0.15, 0.2) is 60.7 Å². The van der Waals surface area contributed by atoms with Gasteiger partial charge in [-0.25, -0.2) is 0 Å². The van der Waals surface area contributed by atoms with Crippen LogP contribution in [0.5, 0.6) is 0 Å². The maximum Gasteiger partial charge on any atom is 0.282 e. The van der Waals surface area contributed by atoms with Crippen LogP contribution < -0.4 is 0 Å². The topological polar surface area (TPSA) is 55.4 Å². The lowest BCUT2D eigenvalue weighted by Crippen LogP contribution is -2.60. The van der Waals surface area contributed by atoms with E-state index in [9.17, 15) is 0 Å². The van der Waals surface area contributed by atoms with E-state index in [2.05, 4.69) is 0 Å². The lowest BCUT2D eigenvalue weighted by atomic mass is 9.98. The maximum atomic E-state index is 6.32. The Morgan fingerprint density at radius 1 is 0.857 bits per heavy atom. The summed E-state index contributed by atoms with van der Waals surface area (Å²) in [5, 5.41) is 0. The largest absolute Gasteiger partial charge is 0.368 e. The Hall–Kier alpha value is -1.80. The Morgan fingerprint density at radius 3 is 2.11 bits per heavy atom. The molecule has 0 aliphatic carbocycles. The summed E-state index contributed by atoms with van der Waals surface area (Å²) in [7, 11) is 0. The zero-order valence-electron chi connectivity index (χ0n) is 15.7. The zero-order valence-corrected chi connectivity index (χ0v) is 15.7. The van der Waals surface area contributed by atoms with E-state index in [1.165, 1.54) is 0 Å². The Kier molecular flexibility index (Phi) is 4.92. The van der Waals surface area contributed by atoms with Crippen molar-refractivity contribution in [2.45, 2.75) is 56.8 Å². The Balaban J connectivity index is 1.36. The summed E-state index contributed by atoms with van der Waals surface area (Å²) >= 11 is 0. The summed E-state index contributed by atoms with van der Waals surface area (Å²) in [5.41, 5.74) is 2.19. The molecule has 0 radical (unpaired) electrons. The van der Waals surface area contributed by atoms with Crippen LogP contribution in [0.3, 0.4) is 0 Å². The van der Waals surface area contributed by atoms with E-state index in [0.717, 1.165) is 11.1 Å². The summed E-state index contributed by atoms with van der Waals surface area (Å²) in [6.45, 7) is 3.02. The predicted molar refractivity (Wildman–Crippen MR) is 99.0 cm³/mol. The predicted octanol–water partition coefficient (Wildman–Crippen LogP) is 3.00. The van der Waals surface area contributed by atoms with Crippen molar-refractivity contribution in [3.63, 3.8) is 0 Å². The van der Waals surface area contributed by atoms with Gasteiger partial charge in [0.2, 0.25) is 0 Å². The third-order valence-electron chi connectivity index (χ3n) is 5.35. The minimum absolute atomic E-state index is 0.281. The molecule has 1 unspecified atom stereocenters. The molecular weight excluding hydrogens is 360 g/mol. The van der Waals surface area contributed by atoms with E-state index in [-0.39, 0.29) is 18.3 Å². The van der Waals surface area contributed by atoms with Crippen molar-refractivity contribution in [2.24, 2.45) is 0 Å². The van der Waals surface area contributed by atoms with Crippen molar-refractivity contribution in [1.29, 1.82) is 0 Å². The van der Waals surface area contributed by atoms with Crippen LogP contribution >= 0.6 is 0 Å². The number of rotatable bonds is 6. The van der Waals surface area contributed by atoms with Crippen LogP contribution in [0.1, 0.15) is 18.1 Å². The second-order valence-electron chi connectivity index (χ2n) is 7.44. The van der Waals surface area contributed by atoms with Gasteiger partial charge in [-0.2, -0.15) is 0 Å². The van der Waals surface area contributed by atoms with Crippen LogP contribution in [0.4, 0.5) is 0 Å². The van der Waals surface area contributed by atoms with Gasteiger partial charge in [0.1, 0.15) is 24.4 Å². The van der Waals surface area contributed by atoms with Gasteiger partial charge in [-0.3, -0.25) is 4.74 Å². The maximum absolute atomic E-state index is 6.32. The van der Waals surface area contributed by atoms with Crippen molar-refractivity contribution >= 4 is 0 Å². The fraction of sp³-hybridized carbons (Fsp3) is 0.455. The second-order valence-corrected chi connectivity index (χ2v) is 7.44. The van der Waals surface area contributed by atoms with Gasteiger partial charge in [0.25, 0.3) is 5.97 Å². The molecule has 6 nitrogen and oxygen atoms in total. The average Bonchev–Trinajstić information content (AvgIpc) is 2.98. The number of fused-ring (bicyclic) bond motifs is 2. The van der Waals surface area contributed by atoms with E-state index >= 15 is 0 Å². The Labute approximate surface area is 164 Å². The Morgan fingerprint density at radius 2 is 1.46 bits per heavy atom. The smallest absolute Gasteiger partial charge is 0.282 e. The normalized spacial score (nSPS) is 36.4. The molecule has 6 heteroatoms. The molecule has 3 fully saturated rings. The van der Waals surface area contributed by atoms with Gasteiger partial charge in [-0.1, -0.05) is 60.7 Å². The third kappa shape index (κ3) is 3.59. The molecule has 3 aliphatic rings. The summed E-state index contributed by atoms with van der Waals surface area (Å²) < 4.78 is 36.3. The monoisotopic (exact) mass is 384 g/mol. The van der Waals surface area contributed by atoms with Gasteiger partial charge in [0.15, 0.2) is 6.29 Å². The third-order valence-corrected chi connectivity index (χ3v) is 5.35. The highest BCUT2D eigenvalue weighted by Gasteiger charge is 2.60. The fourth-order valence-corrected chi connectivity index (χ4v) is 3.94. The second kappa shape index (κ2) is 7.55. The highest BCUT2D eigenvalue weighted by Crippen LogP contribution is 2.42. The Bertz CT molecular complexity index is 784. The molecule has 2 aromatic carbocycles. The van der Waals surface area contributed by atoms with Crippen LogP contribution in [-0.2, 0) is 41.6 Å². The summed E-state index contributed by atoms with van der Waals surface area (Å²) in [6.07, 6.45) is -1.85. The summed E-state index contributed by atoms with van der Waals surface area (Å²) in [6, 6.07) is 20.1. The highest BCUT2D eigenvalue weighted by molar-refractivity contribution is 5.15. The fourth-order valence-electron chi connectivity index (χ4n) is 3.94. The van der Waals surface area contributed by atoms with Crippen LogP contribution in [0, 0.1) is 0 Å². The molecule has 28 heavy (non-hydrogen) atoms. The van der Waals surface area contributed by atoms with Crippen LogP contribution in [-0.4, -0.2) is 43.3 Å². The minimum Gasteiger partial charge on any atom is -0.368 e. The van der Waals surface area contributed by atoms with Gasteiger partial charge in [0, 0.05) is 6.92 Å². The number of ether oxygens (including phenoxy) is 6. The van der Waals surface area contributed by atoms with Gasteiger partial charge in [-0.05, 0) is 11.1 Å². The molecular formula is C22H24O6. The average molecular weight is 384 g/mol. The van der Waals surface area contributed by atoms with Gasteiger partial charge >= 0.3 is 0 Å². The first-order valence-electron chi connectivity index (χ1n) is 9.66. The van der Waals surface area contributed by atoms with Crippen LogP contribution in [0.25, 0.3) is 0 Å². The summed E-state index contributed by atoms with van der Waals surface area (Å²) in [4.78, 5) is 0. The van der Waals surface area contributed by atoms with E-state index in [1.807, 2.05) is 60.7 Å². The SMILES string of the molecule is CC12OC[C@H]3O[C@@H](O1)[C@@H](O2)[C@@H](OCc1ccccc1)[C@@H]3OCc1ccccc1. The molecule has 0 amide bonds. The molecule has 6 atom stereocenters. The zero-order chi connectivity index (χ0) is 19.0. The molecule has 3 saturated heterocycles. The van der Waals surface area contributed by atoms with Gasteiger partial charge in [0.05, 0.1) is 19.8 Å². The van der Waals surface area contributed by atoms with Gasteiger partial charge in [-0.15, -0.1) is 0 Å². The van der Waals surface area contributed by atoms with E-state index in [1.54, 1.807) is 6.92 Å². The van der Waals surface area contributed by atoms with Gasteiger partial charge < -0.3 is 23.7 Å². The lowest BCUT2D eigenvalue weighted by molar-refractivity contribution is -0.340. The molecule has 5 rings (SSSR count). The lowest BCUT2D eigenvalue weighted by Gasteiger charge is -2.43. The molecule has 3 aliphatic heterocycles. The van der Waals surface area contributed by atoms with Crippen molar-refractivity contribution in [3.8, 4) is 0 Å². The number of benzene rings is 2. The van der Waals surface area contributed by atoms with Crippen molar-refractivity contribution in [1.82, 2.24) is 0 Å². The molecule has 0 N–H and O–H groups in total. The molecule has 3 bridgehead atoms. The van der Waals surface area contributed by atoms with E-state index in [4.69, 9.17) is 28.4 Å². The molecule has 148 valence electrons. The van der Waals surface area contributed by atoms with Crippen molar-refractivity contribution in [2.75, 3.05) is 6.61 Å². The standard InChI is InChI=1S/C22H24O6/c1-22-25-14-17-18(23-12-15-8-4-2-5-9-15)19(20(27-22)21(26-17)28-22)24-13-16-10-6-3-7-11-16/h2-11,17-21H,12-14H2,1H3/t17-,18-,19+,20+,21+,22?/m1/s1. The molecule has 0 aromatic heterocycles. The van der Waals surface area contributed by atoms with Crippen molar-refractivity contribution < 1.29 is 28.4 Å². The van der Waals surface area contributed by atoms with E-state index in [0.29, 0.717) is 19.8 Å². The van der Waals surface area contributed by atoms with E-state index < -0.39 is 18.4 Å². The molecule has 0 saturated carbocycles. The number of hydrogen-bond acceptors (Lipinski definition) is 6. The first-order valence-corrected chi connectivity index (χ1v) is 9.66. The first-order chi connectivity index (χ1) is 13.7. The molecule has 0 spiro atoms. The van der Waals surface area contributed by atoms with Crippen LogP contribution in [0.2, 0.25) is 0 Å². The summed E-state index contributed by atoms with van der Waals surface area (Å²) in [5.74, 6) is -1.09. The molecule has 3 heterocycles. The quantitative estimate of drug-likeness (QED) is 0.763. The molecule has 2 aromatic rings.